The number of unbranched alkanes of at least 4 members (excludes halogenated alkanes) is 1. The third-order valence-electron chi connectivity index (χ3n) is 15.3. The number of aliphatic hydroxyl groups excluding tert-OH is 2. The Balaban J connectivity index is 2.72. The number of carbonyl (C=O) groups excluding carboxylic acids is 11. The minimum atomic E-state index is -1.68. The number of aliphatic hydroxyl groups is 2. The van der Waals surface area contributed by atoms with Crippen LogP contribution in [0.1, 0.15) is 143 Å². The second-order valence-electron chi connectivity index (χ2n) is 23.2. The second kappa shape index (κ2) is 40.8. The van der Waals surface area contributed by atoms with Crippen LogP contribution in [0, 0.1) is 29.6 Å². The van der Waals surface area contributed by atoms with Gasteiger partial charge in [-0.1, -0.05) is 82.3 Å². The van der Waals surface area contributed by atoms with E-state index >= 15 is 0 Å². The Hall–Kier alpha value is -5.71. The fraction of sp³-hybridized carbons (Fsp3) is 0.712. The minimum absolute atomic E-state index is 0.0307. The topological polar surface area (TPSA) is 455 Å². The number of halogens is 2. The first kappa shape index (κ1) is 77.4. The van der Waals surface area contributed by atoms with Crippen molar-refractivity contribution in [2.45, 2.75) is 199 Å². The molecule has 1 aromatic carbocycles. The van der Waals surface area contributed by atoms with Gasteiger partial charge in [-0.05, 0) is 128 Å². The van der Waals surface area contributed by atoms with E-state index in [1.165, 1.54) is 19.9 Å². The molecular formula is C59H99Cl2N13O13. The number of amides is 8. The normalized spacial score (nSPS) is 22.9. The van der Waals surface area contributed by atoms with Gasteiger partial charge >= 0.3 is 0 Å². The van der Waals surface area contributed by atoms with Crippen LogP contribution in [-0.2, 0) is 59.2 Å². The molecule has 1 heterocycles. The van der Waals surface area contributed by atoms with E-state index in [1.807, 2.05) is 0 Å². The van der Waals surface area contributed by atoms with Gasteiger partial charge in [-0.3, -0.25) is 52.7 Å². The van der Waals surface area contributed by atoms with Crippen molar-refractivity contribution in [1.82, 2.24) is 42.5 Å². The van der Waals surface area contributed by atoms with Gasteiger partial charge in [0.15, 0.2) is 11.6 Å². The van der Waals surface area contributed by atoms with Crippen LogP contribution in [0.4, 0.5) is 0 Å². The molecular weight excluding hydrogens is 1170 g/mol. The lowest BCUT2D eigenvalue weighted by molar-refractivity contribution is -0.137. The smallest absolute Gasteiger partial charge is 0.245 e. The van der Waals surface area contributed by atoms with Gasteiger partial charge in [0, 0.05) is 50.0 Å². The summed E-state index contributed by atoms with van der Waals surface area (Å²) in [6.07, 6.45) is -1.86. The second-order valence-corrected chi connectivity index (χ2v) is 24.0. The molecule has 28 heteroatoms. The van der Waals surface area contributed by atoms with Crippen LogP contribution in [-0.4, -0.2) is 169 Å². The van der Waals surface area contributed by atoms with Gasteiger partial charge in [-0.15, -0.1) is 0 Å². The molecule has 0 unspecified atom stereocenters. The first-order valence-corrected chi connectivity index (χ1v) is 31.2. The molecule has 0 saturated carbocycles. The van der Waals surface area contributed by atoms with Gasteiger partial charge < -0.3 is 81.4 Å². The van der Waals surface area contributed by atoms with Crippen molar-refractivity contribution < 1.29 is 63.0 Å². The maximum absolute atomic E-state index is 14.6. The summed E-state index contributed by atoms with van der Waals surface area (Å²) in [6.45, 7) is 9.24. The summed E-state index contributed by atoms with van der Waals surface area (Å²) >= 11 is 13.0. The van der Waals surface area contributed by atoms with Gasteiger partial charge in [-0.2, -0.15) is 0 Å². The maximum atomic E-state index is 14.6. The molecule has 20 N–H and O–H groups in total. The number of hydrogen-bond acceptors (Lipinski definition) is 18. The van der Waals surface area contributed by atoms with Crippen molar-refractivity contribution in [3.63, 3.8) is 0 Å². The van der Waals surface area contributed by atoms with Gasteiger partial charge in [0.2, 0.25) is 47.3 Å². The summed E-state index contributed by atoms with van der Waals surface area (Å²) in [4.78, 5) is 155. The zero-order chi connectivity index (χ0) is 65.5. The van der Waals surface area contributed by atoms with E-state index in [-0.39, 0.29) is 112 Å². The number of Topliss-reactive ketones (excluding diaryl/α,β-unsaturated/α-hetero) is 3. The Bertz CT molecular complexity index is 2440. The van der Waals surface area contributed by atoms with Crippen LogP contribution >= 0.6 is 23.2 Å². The fourth-order valence-corrected chi connectivity index (χ4v) is 10.4. The van der Waals surface area contributed by atoms with E-state index in [0.29, 0.717) is 17.9 Å². The first-order chi connectivity index (χ1) is 41.2. The quantitative estimate of drug-likeness (QED) is 0.0410. The average Bonchev–Trinajstić information content (AvgIpc) is 2.76. The van der Waals surface area contributed by atoms with Crippen molar-refractivity contribution >= 4 is 87.8 Å². The lowest BCUT2D eigenvalue weighted by Gasteiger charge is -2.28. The van der Waals surface area contributed by atoms with Gasteiger partial charge in [0.1, 0.15) is 42.0 Å². The van der Waals surface area contributed by atoms with E-state index < -0.39 is 157 Å². The standard InChI is InChI=1S/C59H99Cl2N13O13/c1-7-33(4)11-8-9-13-40(77)29-37(15-21-62)53(81)73-50(34(5)75)48(79)30-38(16-22-63)52(80)69-45-20-26-67-59(87)51(35(6)76)74-57(85)44(19-25-66)70-55(83)43(18-24-65)71-58(86)46(27-32(2)3)72-54(82)39(28-36-12-10-14-41(60)49(36)61)31-47(78)42(17-23-64)68-56(45)84/h10,12,14,32-35,37-39,42-46,50-51,75-76H,7-9,11,13,15-31,62-66H2,1-6H3,(H,67,87)(H,68,84)(H,69,80)(H,70,83)(H,71,86)(H,72,82)(H,73,81)(H,74,85)/t33-,34+,35+,37+,38+,39-,42-,43-,44-,45-,46-,50-,51-/m0/s1. The molecule has 1 aliphatic heterocycles. The summed E-state index contributed by atoms with van der Waals surface area (Å²) in [6, 6.07) is -5.73. The molecule has 0 aliphatic carbocycles. The number of hydrogen-bond donors (Lipinski definition) is 15. The van der Waals surface area contributed by atoms with Gasteiger partial charge in [0.05, 0.1) is 28.3 Å². The Kier molecular flexibility index (Phi) is 36.3. The summed E-state index contributed by atoms with van der Waals surface area (Å²) in [5.74, 6) is -11.9. The highest BCUT2D eigenvalue weighted by atomic mass is 35.5. The summed E-state index contributed by atoms with van der Waals surface area (Å²) in [5, 5.41) is 42.6. The Labute approximate surface area is 521 Å². The Morgan fingerprint density at radius 3 is 1.76 bits per heavy atom. The zero-order valence-electron chi connectivity index (χ0n) is 51.4. The van der Waals surface area contributed by atoms with Gasteiger partial charge in [0.25, 0.3) is 0 Å². The zero-order valence-corrected chi connectivity index (χ0v) is 52.9. The lowest BCUT2D eigenvalue weighted by atomic mass is 9.89. The number of rotatable bonds is 31. The predicted octanol–water partition coefficient (Wildman–Crippen LogP) is -0.666. The third kappa shape index (κ3) is 27.3. The van der Waals surface area contributed by atoms with Crippen molar-refractivity contribution in [1.29, 1.82) is 0 Å². The van der Waals surface area contributed by atoms with E-state index in [4.69, 9.17) is 51.9 Å². The number of benzene rings is 1. The number of carbonyl (C=O) groups is 11. The maximum Gasteiger partial charge on any atom is 0.245 e. The van der Waals surface area contributed by atoms with Crippen LogP contribution in [0.5, 0.6) is 0 Å². The van der Waals surface area contributed by atoms with Crippen LogP contribution in [0.2, 0.25) is 10.0 Å². The van der Waals surface area contributed by atoms with E-state index in [2.05, 4.69) is 56.4 Å². The molecule has 0 spiro atoms. The van der Waals surface area contributed by atoms with Crippen molar-refractivity contribution in [2.75, 3.05) is 39.3 Å². The van der Waals surface area contributed by atoms with Crippen LogP contribution in [0.3, 0.4) is 0 Å². The SMILES string of the molecule is CC[C@H](C)CCCCC(=O)C[C@@H](CCN)C(=O)N[C@H](C(=O)C[C@@H](CCN)C(=O)N[C@H]1CCNC(=O)[C@H]([C@@H](C)O)NC(=O)[C@H](CCN)NC(=O)[C@H](CCN)NC(=O)[C@H](CC(C)C)NC(=O)[C@@H](Cc2cccc(Cl)c2Cl)CC(=O)[C@H](CCN)NC1=O)[C@@H](C)O. The highest BCUT2D eigenvalue weighted by molar-refractivity contribution is 6.42. The molecule has 0 aromatic heterocycles. The average molecular weight is 1270 g/mol. The number of nitrogens with one attached hydrogen (secondary N) is 8. The highest BCUT2D eigenvalue weighted by Crippen LogP contribution is 2.29. The van der Waals surface area contributed by atoms with Crippen molar-refractivity contribution in [2.24, 2.45) is 58.3 Å². The fourth-order valence-electron chi connectivity index (χ4n) is 10.0. The molecule has 13 atom stereocenters. The molecule has 87 heavy (non-hydrogen) atoms. The summed E-state index contributed by atoms with van der Waals surface area (Å²) < 4.78 is 0. The van der Waals surface area contributed by atoms with E-state index in [0.717, 1.165) is 19.3 Å². The molecule has 2 rings (SSSR count). The molecule has 0 radical (unpaired) electrons. The third-order valence-corrected chi connectivity index (χ3v) is 16.2. The monoisotopic (exact) mass is 1270 g/mol. The lowest BCUT2D eigenvalue weighted by Crippen LogP contribution is -2.60. The Morgan fingerprint density at radius 2 is 1.21 bits per heavy atom. The van der Waals surface area contributed by atoms with Crippen LogP contribution < -0.4 is 71.2 Å². The van der Waals surface area contributed by atoms with Crippen molar-refractivity contribution in [3.8, 4) is 0 Å². The van der Waals surface area contributed by atoms with Crippen molar-refractivity contribution in [3.05, 3.63) is 33.8 Å². The van der Waals surface area contributed by atoms with Crippen LogP contribution in [0.15, 0.2) is 18.2 Å². The molecule has 0 bridgehead atoms. The molecule has 1 aliphatic rings. The molecule has 1 aromatic rings. The molecule has 26 nitrogen and oxygen atoms in total. The van der Waals surface area contributed by atoms with E-state index in [9.17, 15) is 63.0 Å². The number of nitrogens with two attached hydrogens (primary N) is 5. The first-order valence-electron chi connectivity index (χ1n) is 30.4. The predicted molar refractivity (Wildman–Crippen MR) is 330 cm³/mol. The molecule has 1 fully saturated rings. The molecule has 8 amide bonds. The molecule has 1 saturated heterocycles. The Morgan fingerprint density at radius 1 is 0.655 bits per heavy atom. The molecule has 492 valence electrons. The summed E-state index contributed by atoms with van der Waals surface area (Å²) in [7, 11) is 0. The number of ketones is 3. The minimum Gasteiger partial charge on any atom is -0.391 e. The van der Waals surface area contributed by atoms with Gasteiger partial charge in [-0.25, -0.2) is 0 Å². The summed E-state index contributed by atoms with van der Waals surface area (Å²) in [5.41, 5.74) is 29.9. The largest absolute Gasteiger partial charge is 0.391 e. The van der Waals surface area contributed by atoms with Crippen LogP contribution in [0.25, 0.3) is 0 Å². The van der Waals surface area contributed by atoms with E-state index in [1.54, 1.807) is 26.0 Å². The highest BCUT2D eigenvalue weighted by Gasteiger charge is 2.38.